The number of amides is 1. The topological polar surface area (TPSA) is 130 Å². The molecule has 1 aliphatic rings. The predicted molar refractivity (Wildman–Crippen MR) is 158 cm³/mol. The molecule has 0 radical (unpaired) electrons. The highest BCUT2D eigenvalue weighted by molar-refractivity contribution is 5.93. The molecule has 0 saturated carbocycles. The van der Waals surface area contributed by atoms with Crippen LogP contribution in [0.1, 0.15) is 48.3 Å². The molecule has 1 N–H and O–H groups in total. The molecule has 0 fully saturated rings. The van der Waals surface area contributed by atoms with E-state index >= 15 is 0 Å². The lowest BCUT2D eigenvalue weighted by Crippen LogP contribution is -2.45. The van der Waals surface area contributed by atoms with Crippen LogP contribution in [0, 0.1) is 0 Å². The van der Waals surface area contributed by atoms with Crippen molar-refractivity contribution in [3.63, 3.8) is 0 Å². The summed E-state index contributed by atoms with van der Waals surface area (Å²) in [5.74, 6) is -0.676. The molecule has 1 atom stereocenters. The van der Waals surface area contributed by atoms with Crippen molar-refractivity contribution in [1.29, 1.82) is 0 Å². The maximum Gasteiger partial charge on any atom is 0.419 e. The Bertz CT molecular complexity index is 1790. The summed E-state index contributed by atoms with van der Waals surface area (Å²) < 4.78 is 13.5. The van der Waals surface area contributed by atoms with Crippen molar-refractivity contribution < 1.29 is 23.9 Å². The van der Waals surface area contributed by atoms with Crippen molar-refractivity contribution in [3.8, 4) is 11.1 Å². The number of benzene rings is 3. The number of aromatic nitrogens is 5. The van der Waals surface area contributed by atoms with E-state index < -0.39 is 29.7 Å². The van der Waals surface area contributed by atoms with Crippen molar-refractivity contribution >= 4 is 29.1 Å². The minimum Gasteiger partial charge on any atom is -0.449 e. The third-order valence-corrected chi connectivity index (χ3v) is 7.15. The first-order valence-corrected chi connectivity index (χ1v) is 13.9. The van der Waals surface area contributed by atoms with E-state index in [1.165, 1.54) is 17.1 Å². The lowest BCUT2D eigenvalue weighted by atomic mass is 9.98. The maximum absolute atomic E-state index is 13.7. The summed E-state index contributed by atoms with van der Waals surface area (Å²) in [6.45, 7) is 5.37. The molecule has 11 heteroatoms. The number of ether oxygens (including phenoxy) is 2. The summed E-state index contributed by atoms with van der Waals surface area (Å²) in [6, 6.07) is 22.0. The van der Waals surface area contributed by atoms with Crippen LogP contribution in [-0.4, -0.2) is 60.9 Å². The van der Waals surface area contributed by atoms with Gasteiger partial charge in [0, 0.05) is 18.5 Å². The molecular weight excluding hydrogens is 548 g/mol. The van der Waals surface area contributed by atoms with E-state index in [0.717, 1.165) is 26.9 Å². The Morgan fingerprint density at radius 3 is 2.28 bits per heavy atom. The zero-order chi connectivity index (χ0) is 30.1. The van der Waals surface area contributed by atoms with Crippen LogP contribution >= 0.6 is 0 Å². The van der Waals surface area contributed by atoms with E-state index in [4.69, 9.17) is 9.47 Å². The molecule has 0 aliphatic heterocycles. The summed E-state index contributed by atoms with van der Waals surface area (Å²) in [5, 5.41) is 10.8. The van der Waals surface area contributed by atoms with Gasteiger partial charge >= 0.3 is 12.2 Å². The zero-order valence-corrected chi connectivity index (χ0v) is 23.9. The molecule has 2 aromatic heterocycles. The third kappa shape index (κ3) is 5.74. The Morgan fingerprint density at radius 1 is 0.930 bits per heavy atom. The normalized spacial score (nSPS) is 13.3. The van der Waals surface area contributed by atoms with E-state index in [0.29, 0.717) is 16.7 Å². The molecule has 0 spiro atoms. The zero-order valence-electron chi connectivity index (χ0n) is 23.9. The quantitative estimate of drug-likeness (QED) is 0.291. The number of hydrogen-bond donors (Lipinski definition) is 1. The van der Waals surface area contributed by atoms with E-state index in [9.17, 15) is 14.4 Å². The highest BCUT2D eigenvalue weighted by atomic mass is 16.6. The number of fused-ring (bicyclic) bond motifs is 4. The van der Waals surface area contributed by atoms with Gasteiger partial charge in [-0.15, -0.1) is 5.10 Å². The highest BCUT2D eigenvalue weighted by Crippen LogP contribution is 2.44. The largest absolute Gasteiger partial charge is 0.449 e. The SMILES string of the molecule is CC(C)(C)OC(=O)n1cnc(C[C@H](NC(=O)OCC2c3ccccc3-c3ccccc32)C(=O)n2nnc3ccccc32)c1. The van der Waals surface area contributed by atoms with Crippen molar-refractivity contribution in [2.75, 3.05) is 6.61 Å². The molecule has 0 unspecified atom stereocenters. The number of alkyl carbamates (subject to hydrolysis) is 1. The Kier molecular flexibility index (Phi) is 7.22. The molecule has 6 rings (SSSR count). The van der Waals surface area contributed by atoms with Gasteiger partial charge in [0.15, 0.2) is 0 Å². The van der Waals surface area contributed by atoms with Crippen LogP contribution in [0.5, 0.6) is 0 Å². The molecule has 218 valence electrons. The van der Waals surface area contributed by atoms with Gasteiger partial charge in [-0.3, -0.25) is 4.79 Å². The number of carbonyl (C=O) groups excluding carboxylic acids is 3. The van der Waals surface area contributed by atoms with Gasteiger partial charge in [-0.2, -0.15) is 4.68 Å². The standard InChI is InChI=1S/C32H30N6O5/c1-32(2,3)43-31(41)37-17-20(33-19-37)16-27(29(39)38-28-15-9-8-14-26(28)35-36-38)34-30(40)42-18-25-23-12-6-4-10-21(23)22-11-5-7-13-24(22)25/h4-15,17,19,25,27H,16,18H2,1-3H3,(H,34,40)/t27-/m0/s1. The molecule has 0 bridgehead atoms. The van der Waals surface area contributed by atoms with Crippen LogP contribution in [0.2, 0.25) is 0 Å². The highest BCUT2D eigenvalue weighted by Gasteiger charge is 2.31. The van der Waals surface area contributed by atoms with Gasteiger partial charge < -0.3 is 14.8 Å². The molecule has 1 amide bonds. The van der Waals surface area contributed by atoms with Crippen molar-refractivity contribution in [1.82, 2.24) is 29.9 Å². The fourth-order valence-corrected chi connectivity index (χ4v) is 5.25. The van der Waals surface area contributed by atoms with Crippen molar-refractivity contribution in [2.45, 2.75) is 44.8 Å². The van der Waals surface area contributed by atoms with Gasteiger partial charge in [0.25, 0.3) is 5.91 Å². The molecule has 0 saturated heterocycles. The number of imidazole rings is 1. The second kappa shape index (κ2) is 11.2. The van der Waals surface area contributed by atoms with Gasteiger partial charge in [-0.25, -0.2) is 19.1 Å². The van der Waals surface area contributed by atoms with Crippen LogP contribution in [0.15, 0.2) is 85.3 Å². The minimum atomic E-state index is -1.12. The van der Waals surface area contributed by atoms with Crippen LogP contribution in [0.25, 0.3) is 22.2 Å². The Labute approximate surface area is 247 Å². The molecule has 5 aromatic rings. The molecule has 43 heavy (non-hydrogen) atoms. The summed E-state index contributed by atoms with van der Waals surface area (Å²) in [4.78, 5) is 43.7. The lowest BCUT2D eigenvalue weighted by Gasteiger charge is -2.19. The second-order valence-corrected chi connectivity index (χ2v) is 11.3. The summed E-state index contributed by atoms with van der Waals surface area (Å²) in [5.41, 5.74) is 5.08. The van der Waals surface area contributed by atoms with Crippen molar-refractivity contribution in [3.05, 3.63) is 102 Å². The van der Waals surface area contributed by atoms with E-state index in [-0.39, 0.29) is 18.9 Å². The number of carbonyl (C=O) groups is 3. The van der Waals surface area contributed by atoms with E-state index in [1.807, 2.05) is 36.4 Å². The number of nitrogens with zero attached hydrogens (tertiary/aromatic N) is 5. The average Bonchev–Trinajstić information content (AvgIpc) is 3.71. The Balaban J connectivity index is 1.22. The summed E-state index contributed by atoms with van der Waals surface area (Å²) in [7, 11) is 0. The van der Waals surface area contributed by atoms with Gasteiger partial charge in [-0.1, -0.05) is 65.9 Å². The van der Waals surface area contributed by atoms with Crippen molar-refractivity contribution in [2.24, 2.45) is 0 Å². The molecule has 3 aromatic carbocycles. The fraction of sp³-hybridized carbons (Fsp3) is 0.250. The monoisotopic (exact) mass is 578 g/mol. The van der Waals surface area contributed by atoms with E-state index in [1.54, 1.807) is 45.0 Å². The maximum atomic E-state index is 13.7. The smallest absolute Gasteiger partial charge is 0.419 e. The number of hydrogen-bond acceptors (Lipinski definition) is 8. The second-order valence-electron chi connectivity index (χ2n) is 11.3. The van der Waals surface area contributed by atoms with Crippen LogP contribution in [-0.2, 0) is 15.9 Å². The first-order valence-electron chi connectivity index (χ1n) is 13.9. The lowest BCUT2D eigenvalue weighted by molar-refractivity contribution is 0.0536. The summed E-state index contributed by atoms with van der Waals surface area (Å²) >= 11 is 0. The number of para-hydroxylation sites is 1. The average molecular weight is 579 g/mol. The number of rotatable bonds is 6. The van der Waals surface area contributed by atoms with Crippen LogP contribution in [0.4, 0.5) is 9.59 Å². The summed E-state index contributed by atoms with van der Waals surface area (Å²) in [6.07, 6.45) is 1.36. The molecule has 11 nitrogen and oxygen atoms in total. The Morgan fingerprint density at radius 2 is 1.58 bits per heavy atom. The molecule has 1 aliphatic carbocycles. The van der Waals surface area contributed by atoms with Gasteiger partial charge in [0.2, 0.25) is 0 Å². The first kappa shape index (κ1) is 27.8. The van der Waals surface area contributed by atoms with Crippen LogP contribution < -0.4 is 5.32 Å². The molecular formula is C32H30N6O5. The predicted octanol–water partition coefficient (Wildman–Crippen LogP) is 5.20. The van der Waals surface area contributed by atoms with Crippen LogP contribution in [0.3, 0.4) is 0 Å². The van der Waals surface area contributed by atoms with Gasteiger partial charge in [0.05, 0.1) is 11.2 Å². The fourth-order valence-electron chi connectivity index (χ4n) is 5.25. The number of nitrogens with one attached hydrogen (secondary N) is 1. The van der Waals surface area contributed by atoms with E-state index in [2.05, 4.69) is 32.7 Å². The Hall–Kier alpha value is -5.32. The van der Waals surface area contributed by atoms with Gasteiger partial charge in [-0.05, 0) is 55.2 Å². The third-order valence-electron chi connectivity index (χ3n) is 7.15. The van der Waals surface area contributed by atoms with Gasteiger partial charge in [0.1, 0.15) is 30.1 Å². The molecule has 2 heterocycles. The minimum absolute atomic E-state index is 0.0347. The first-order chi connectivity index (χ1) is 20.7.